The summed E-state index contributed by atoms with van der Waals surface area (Å²) < 4.78 is 36.2. The van der Waals surface area contributed by atoms with Crippen LogP contribution in [0.3, 0.4) is 0 Å². The molecule has 1 aliphatic heterocycles. The number of hydrogen-bond acceptors (Lipinski definition) is 3. The van der Waals surface area contributed by atoms with E-state index in [-0.39, 0.29) is 23.4 Å². The Kier molecular flexibility index (Phi) is 5.74. The molecule has 1 aliphatic rings. The Labute approximate surface area is 136 Å². The van der Waals surface area contributed by atoms with E-state index >= 15 is 0 Å². The molecular formula is C15H21FN2O2S2. The Balaban J connectivity index is 1.96. The van der Waals surface area contributed by atoms with Crippen molar-refractivity contribution in [2.45, 2.75) is 32.4 Å². The molecule has 1 aromatic carbocycles. The lowest BCUT2D eigenvalue weighted by molar-refractivity contribution is 0.329. The van der Waals surface area contributed by atoms with Gasteiger partial charge in [0, 0.05) is 19.1 Å². The second-order valence-corrected chi connectivity index (χ2v) is 8.15. The van der Waals surface area contributed by atoms with Gasteiger partial charge in [0.1, 0.15) is 5.82 Å². The maximum atomic E-state index is 12.9. The number of halogens is 1. The molecule has 1 aromatic rings. The van der Waals surface area contributed by atoms with E-state index in [1.54, 1.807) is 12.1 Å². The van der Waals surface area contributed by atoms with Gasteiger partial charge < -0.3 is 10.2 Å². The summed E-state index contributed by atoms with van der Waals surface area (Å²) in [5, 5.41) is 3.71. The third-order valence-corrected chi connectivity index (χ3v) is 5.86. The van der Waals surface area contributed by atoms with Gasteiger partial charge in [0.2, 0.25) is 0 Å². The van der Waals surface area contributed by atoms with Crippen LogP contribution in [0.2, 0.25) is 0 Å². The van der Waals surface area contributed by atoms with Crippen LogP contribution in [0.4, 0.5) is 4.39 Å². The van der Waals surface area contributed by atoms with Crippen molar-refractivity contribution in [1.82, 2.24) is 10.2 Å². The van der Waals surface area contributed by atoms with E-state index in [9.17, 15) is 12.8 Å². The zero-order chi connectivity index (χ0) is 16.2. The molecule has 1 atom stereocenters. The monoisotopic (exact) mass is 344 g/mol. The molecule has 7 heteroatoms. The first-order valence-corrected chi connectivity index (χ1v) is 9.63. The van der Waals surface area contributed by atoms with E-state index in [1.165, 1.54) is 12.1 Å². The number of nitrogens with zero attached hydrogens (tertiary/aromatic N) is 1. The van der Waals surface area contributed by atoms with Gasteiger partial charge in [0.15, 0.2) is 14.9 Å². The van der Waals surface area contributed by atoms with Crippen LogP contribution in [-0.4, -0.2) is 42.5 Å². The highest BCUT2D eigenvalue weighted by molar-refractivity contribution is 7.91. The fraction of sp³-hybridized carbons (Fsp3) is 0.533. The normalized spacial score (nSPS) is 19.8. The van der Waals surface area contributed by atoms with Crippen LogP contribution >= 0.6 is 12.2 Å². The lowest BCUT2D eigenvalue weighted by Gasteiger charge is -2.30. The Morgan fingerprint density at radius 2 is 2.09 bits per heavy atom. The quantitative estimate of drug-likeness (QED) is 0.829. The maximum Gasteiger partial charge on any atom is 0.169 e. The highest BCUT2D eigenvalue weighted by atomic mass is 32.2. The molecule has 0 aliphatic carbocycles. The summed E-state index contributed by atoms with van der Waals surface area (Å²) in [6.45, 7) is 3.27. The molecule has 0 bridgehead atoms. The minimum atomic E-state index is -2.93. The van der Waals surface area contributed by atoms with Crippen molar-refractivity contribution < 1.29 is 12.8 Å². The van der Waals surface area contributed by atoms with Crippen molar-refractivity contribution in [2.75, 3.05) is 18.1 Å². The van der Waals surface area contributed by atoms with Gasteiger partial charge in [-0.2, -0.15) is 0 Å². The molecule has 1 saturated heterocycles. The summed E-state index contributed by atoms with van der Waals surface area (Å²) in [6, 6.07) is 6.18. The lowest BCUT2D eigenvalue weighted by atomic mass is 10.2. The van der Waals surface area contributed by atoms with Gasteiger partial charge in [-0.15, -0.1) is 0 Å². The third-order valence-electron chi connectivity index (χ3n) is 3.73. The smallest absolute Gasteiger partial charge is 0.169 e. The second kappa shape index (κ2) is 7.37. The molecule has 2 rings (SSSR count). The first-order chi connectivity index (χ1) is 10.4. The maximum absolute atomic E-state index is 12.9. The van der Waals surface area contributed by atoms with E-state index in [0.717, 1.165) is 18.5 Å². The molecule has 1 heterocycles. The average molecular weight is 344 g/mol. The van der Waals surface area contributed by atoms with E-state index in [4.69, 9.17) is 12.2 Å². The minimum absolute atomic E-state index is 0.0434. The molecule has 1 N–H and O–H groups in total. The molecule has 4 nitrogen and oxygen atoms in total. The summed E-state index contributed by atoms with van der Waals surface area (Å²) in [5.74, 6) is 0.138. The molecule has 22 heavy (non-hydrogen) atoms. The molecule has 0 radical (unpaired) electrons. The first-order valence-electron chi connectivity index (χ1n) is 7.40. The van der Waals surface area contributed by atoms with Gasteiger partial charge in [-0.3, -0.25) is 0 Å². The van der Waals surface area contributed by atoms with Gasteiger partial charge in [-0.1, -0.05) is 19.1 Å². The third kappa shape index (κ3) is 4.64. The molecule has 0 spiro atoms. The number of nitrogens with one attached hydrogen (secondary N) is 1. The summed E-state index contributed by atoms with van der Waals surface area (Å²) >= 11 is 5.42. The predicted octanol–water partition coefficient (Wildman–Crippen LogP) is 2.10. The summed E-state index contributed by atoms with van der Waals surface area (Å²) in [7, 11) is -2.93. The molecular weight excluding hydrogens is 323 g/mol. The van der Waals surface area contributed by atoms with Crippen LogP contribution in [0.5, 0.6) is 0 Å². The Hall–Kier alpha value is -1.21. The van der Waals surface area contributed by atoms with Crippen molar-refractivity contribution >= 4 is 27.2 Å². The zero-order valence-corrected chi connectivity index (χ0v) is 14.2. The van der Waals surface area contributed by atoms with Crippen LogP contribution < -0.4 is 5.32 Å². The summed E-state index contributed by atoms with van der Waals surface area (Å²) in [5.41, 5.74) is 0.930. The van der Waals surface area contributed by atoms with Gasteiger partial charge in [-0.25, -0.2) is 12.8 Å². The SMILES string of the molecule is CCCN(C(=S)NCc1ccc(F)cc1)[C@H]1CCS(=O)(=O)C1. The molecule has 122 valence electrons. The molecule has 0 amide bonds. The fourth-order valence-electron chi connectivity index (χ4n) is 2.59. The standard InChI is InChI=1S/C15H21FN2O2S2/c1-2-8-18(14-7-9-22(19,20)11-14)15(21)17-10-12-3-5-13(16)6-4-12/h3-6,14H,2,7-11H2,1H3,(H,17,21)/t14-/m0/s1. The molecule has 1 fully saturated rings. The average Bonchev–Trinajstić information content (AvgIpc) is 2.83. The van der Waals surface area contributed by atoms with E-state index in [0.29, 0.717) is 18.1 Å². The number of rotatable bonds is 5. The zero-order valence-electron chi connectivity index (χ0n) is 12.6. The van der Waals surface area contributed by atoms with E-state index < -0.39 is 9.84 Å². The number of thiocarbonyl (C=S) groups is 1. The first kappa shape index (κ1) is 17.1. The molecule has 0 aromatic heterocycles. The van der Waals surface area contributed by atoms with Gasteiger partial charge in [0.05, 0.1) is 11.5 Å². The fourth-order valence-corrected chi connectivity index (χ4v) is 4.64. The molecule has 0 saturated carbocycles. The second-order valence-electron chi connectivity index (χ2n) is 5.54. The summed E-state index contributed by atoms with van der Waals surface area (Å²) in [4.78, 5) is 1.98. The van der Waals surface area contributed by atoms with Gasteiger partial charge in [-0.05, 0) is 42.8 Å². The van der Waals surface area contributed by atoms with E-state index in [2.05, 4.69) is 5.32 Å². The van der Waals surface area contributed by atoms with Crippen molar-refractivity contribution in [3.05, 3.63) is 35.6 Å². The Morgan fingerprint density at radius 3 is 2.64 bits per heavy atom. The van der Waals surface area contributed by atoms with Crippen LogP contribution in [0, 0.1) is 5.82 Å². The minimum Gasteiger partial charge on any atom is -0.358 e. The Morgan fingerprint density at radius 1 is 1.41 bits per heavy atom. The highest BCUT2D eigenvalue weighted by Crippen LogP contribution is 2.18. The lowest BCUT2D eigenvalue weighted by Crippen LogP contribution is -2.46. The van der Waals surface area contributed by atoms with E-state index in [1.807, 2.05) is 11.8 Å². The Bertz CT molecular complexity index is 617. The van der Waals surface area contributed by atoms with Crippen molar-refractivity contribution in [1.29, 1.82) is 0 Å². The number of sulfone groups is 1. The van der Waals surface area contributed by atoms with Crippen LogP contribution in [0.1, 0.15) is 25.3 Å². The number of benzene rings is 1. The van der Waals surface area contributed by atoms with Crippen molar-refractivity contribution in [3.8, 4) is 0 Å². The van der Waals surface area contributed by atoms with Crippen LogP contribution in [-0.2, 0) is 16.4 Å². The predicted molar refractivity (Wildman–Crippen MR) is 89.9 cm³/mol. The number of hydrogen-bond donors (Lipinski definition) is 1. The van der Waals surface area contributed by atoms with Crippen molar-refractivity contribution in [2.24, 2.45) is 0 Å². The highest BCUT2D eigenvalue weighted by Gasteiger charge is 2.32. The van der Waals surface area contributed by atoms with Crippen molar-refractivity contribution in [3.63, 3.8) is 0 Å². The summed E-state index contributed by atoms with van der Waals surface area (Å²) in [6.07, 6.45) is 1.52. The van der Waals surface area contributed by atoms with Gasteiger partial charge in [0.25, 0.3) is 0 Å². The molecule has 0 unspecified atom stereocenters. The van der Waals surface area contributed by atoms with Gasteiger partial charge >= 0.3 is 0 Å². The largest absolute Gasteiger partial charge is 0.358 e. The van der Waals surface area contributed by atoms with Crippen LogP contribution in [0.15, 0.2) is 24.3 Å². The topological polar surface area (TPSA) is 49.4 Å². The van der Waals surface area contributed by atoms with Crippen LogP contribution in [0.25, 0.3) is 0 Å².